The second-order valence-corrected chi connectivity index (χ2v) is 8.22. The number of hydrogen-bond donors (Lipinski definition) is 0. The Kier molecular flexibility index (Phi) is 6.28. The highest BCUT2D eigenvalue weighted by Gasteiger charge is 2.17. The van der Waals surface area contributed by atoms with Crippen molar-refractivity contribution in [3.8, 4) is 28.6 Å². The van der Waals surface area contributed by atoms with Crippen LogP contribution in [0, 0.1) is 13.8 Å². The van der Waals surface area contributed by atoms with E-state index in [0.29, 0.717) is 0 Å². The lowest BCUT2D eigenvalue weighted by Gasteiger charge is -2.12. The fourth-order valence-electron chi connectivity index (χ4n) is 3.30. The fraction of sp³-hybridized carbons (Fsp3) is 0.200. The number of methoxy groups -OCH3 is 2. The number of ether oxygens (including phenoxy) is 2. The van der Waals surface area contributed by atoms with Gasteiger partial charge in [0.2, 0.25) is 0 Å². The molecule has 0 saturated heterocycles. The van der Waals surface area contributed by atoms with Crippen LogP contribution < -0.4 is 9.47 Å². The van der Waals surface area contributed by atoms with E-state index in [4.69, 9.17) is 9.47 Å². The Morgan fingerprint density at radius 3 is 2.03 bits per heavy atom. The van der Waals surface area contributed by atoms with Gasteiger partial charge in [0.15, 0.2) is 11.0 Å². The summed E-state index contributed by atoms with van der Waals surface area (Å²) in [6, 6.07) is 22.4. The molecule has 4 rings (SSSR count). The molecule has 0 atom stereocenters. The van der Waals surface area contributed by atoms with E-state index in [0.717, 1.165) is 39.5 Å². The molecule has 4 aromatic rings. The van der Waals surface area contributed by atoms with Gasteiger partial charge in [0.05, 0.1) is 14.2 Å². The van der Waals surface area contributed by atoms with E-state index >= 15 is 0 Å². The summed E-state index contributed by atoms with van der Waals surface area (Å²) in [6.45, 7) is 4.28. The Balaban J connectivity index is 1.71. The van der Waals surface area contributed by atoms with Gasteiger partial charge in [-0.25, -0.2) is 0 Å². The van der Waals surface area contributed by atoms with Gasteiger partial charge in [-0.3, -0.25) is 4.57 Å². The number of hydrogen-bond acceptors (Lipinski definition) is 5. The van der Waals surface area contributed by atoms with Crippen molar-refractivity contribution in [1.29, 1.82) is 0 Å². The molecule has 0 spiro atoms. The topological polar surface area (TPSA) is 49.2 Å². The largest absolute Gasteiger partial charge is 0.497 e. The van der Waals surface area contributed by atoms with Crippen LogP contribution >= 0.6 is 11.8 Å². The number of aromatic nitrogens is 3. The summed E-state index contributed by atoms with van der Waals surface area (Å²) < 4.78 is 12.7. The lowest BCUT2D eigenvalue weighted by molar-refractivity contribution is 0.414. The molecule has 0 N–H and O–H groups in total. The van der Waals surface area contributed by atoms with Crippen molar-refractivity contribution in [1.82, 2.24) is 14.8 Å². The maximum Gasteiger partial charge on any atom is 0.196 e. The van der Waals surface area contributed by atoms with Crippen LogP contribution in [-0.2, 0) is 5.75 Å². The second-order valence-electron chi connectivity index (χ2n) is 7.28. The SMILES string of the molecule is COc1ccc(-c2nnc(SCc3ccc(C)c(C)c3)n2-c2ccc(OC)cc2)cc1. The molecule has 0 amide bonds. The molecule has 0 aliphatic carbocycles. The molecule has 5 nitrogen and oxygen atoms in total. The van der Waals surface area contributed by atoms with Gasteiger partial charge in [-0.05, 0) is 79.1 Å². The average Bonchev–Trinajstić information content (AvgIpc) is 3.24. The van der Waals surface area contributed by atoms with Crippen molar-refractivity contribution in [2.24, 2.45) is 0 Å². The minimum atomic E-state index is 0.787. The molecular formula is C25H25N3O2S. The highest BCUT2D eigenvalue weighted by Crippen LogP contribution is 2.31. The molecule has 158 valence electrons. The third-order valence-electron chi connectivity index (χ3n) is 5.25. The molecule has 0 saturated carbocycles. The maximum atomic E-state index is 5.32. The zero-order valence-corrected chi connectivity index (χ0v) is 18.9. The van der Waals surface area contributed by atoms with E-state index in [9.17, 15) is 0 Å². The lowest BCUT2D eigenvalue weighted by Crippen LogP contribution is -2.00. The van der Waals surface area contributed by atoms with Gasteiger partial charge in [-0.1, -0.05) is 30.0 Å². The van der Waals surface area contributed by atoms with Crippen molar-refractivity contribution < 1.29 is 9.47 Å². The van der Waals surface area contributed by atoms with Gasteiger partial charge in [0.1, 0.15) is 11.5 Å². The van der Waals surface area contributed by atoms with Crippen LogP contribution in [0.4, 0.5) is 0 Å². The predicted octanol–water partition coefficient (Wildman–Crippen LogP) is 5.86. The summed E-state index contributed by atoms with van der Waals surface area (Å²) >= 11 is 1.68. The summed E-state index contributed by atoms with van der Waals surface area (Å²) in [5, 5.41) is 9.89. The van der Waals surface area contributed by atoms with Gasteiger partial charge in [0.25, 0.3) is 0 Å². The van der Waals surface area contributed by atoms with Crippen LogP contribution in [0.2, 0.25) is 0 Å². The normalized spacial score (nSPS) is 10.8. The first-order chi connectivity index (χ1) is 15.1. The Labute approximate surface area is 187 Å². The average molecular weight is 432 g/mol. The number of benzene rings is 3. The zero-order valence-electron chi connectivity index (χ0n) is 18.1. The molecule has 6 heteroatoms. The van der Waals surface area contributed by atoms with Crippen molar-refractivity contribution in [2.45, 2.75) is 24.8 Å². The third-order valence-corrected chi connectivity index (χ3v) is 6.25. The van der Waals surface area contributed by atoms with Crippen LogP contribution in [0.1, 0.15) is 16.7 Å². The smallest absolute Gasteiger partial charge is 0.196 e. The summed E-state index contributed by atoms with van der Waals surface area (Å²) in [6.07, 6.45) is 0. The van der Waals surface area contributed by atoms with E-state index < -0.39 is 0 Å². The van der Waals surface area contributed by atoms with Crippen LogP contribution in [0.5, 0.6) is 11.5 Å². The van der Waals surface area contributed by atoms with Crippen LogP contribution in [0.15, 0.2) is 71.9 Å². The lowest BCUT2D eigenvalue weighted by atomic mass is 10.1. The zero-order chi connectivity index (χ0) is 21.8. The minimum absolute atomic E-state index is 0.787. The van der Waals surface area contributed by atoms with Gasteiger partial charge in [-0.2, -0.15) is 0 Å². The van der Waals surface area contributed by atoms with Crippen molar-refractivity contribution in [3.63, 3.8) is 0 Å². The van der Waals surface area contributed by atoms with E-state index in [1.165, 1.54) is 16.7 Å². The van der Waals surface area contributed by atoms with Gasteiger partial charge < -0.3 is 9.47 Å². The molecule has 31 heavy (non-hydrogen) atoms. The van der Waals surface area contributed by atoms with Crippen LogP contribution in [0.25, 0.3) is 17.1 Å². The summed E-state index contributed by atoms with van der Waals surface area (Å²) in [7, 11) is 3.33. The van der Waals surface area contributed by atoms with Crippen LogP contribution in [0.3, 0.4) is 0 Å². The first-order valence-corrected chi connectivity index (χ1v) is 11.0. The summed E-state index contributed by atoms with van der Waals surface area (Å²) in [5.74, 6) is 3.23. The van der Waals surface area contributed by atoms with E-state index in [1.807, 2.05) is 48.5 Å². The van der Waals surface area contributed by atoms with E-state index in [2.05, 4.69) is 46.8 Å². The first kappa shape index (κ1) is 21.0. The number of aryl methyl sites for hydroxylation is 2. The third kappa shape index (κ3) is 4.59. The van der Waals surface area contributed by atoms with Gasteiger partial charge in [0, 0.05) is 17.0 Å². The number of rotatable bonds is 7. The molecule has 0 aliphatic rings. The van der Waals surface area contributed by atoms with Crippen LogP contribution in [-0.4, -0.2) is 29.0 Å². The summed E-state index contributed by atoms with van der Waals surface area (Å²) in [5.41, 5.74) is 5.83. The molecular weight excluding hydrogens is 406 g/mol. The van der Waals surface area contributed by atoms with Gasteiger partial charge in [-0.15, -0.1) is 10.2 Å². The molecule has 1 heterocycles. The Bertz CT molecular complexity index is 1170. The number of nitrogens with zero attached hydrogens (tertiary/aromatic N) is 3. The molecule has 0 unspecified atom stereocenters. The van der Waals surface area contributed by atoms with E-state index in [1.54, 1.807) is 26.0 Å². The van der Waals surface area contributed by atoms with Gasteiger partial charge >= 0.3 is 0 Å². The van der Waals surface area contributed by atoms with Crippen molar-refractivity contribution in [2.75, 3.05) is 14.2 Å². The molecule has 3 aromatic carbocycles. The monoisotopic (exact) mass is 431 g/mol. The standard InChI is InChI=1S/C25H25N3O2S/c1-17-5-6-19(15-18(17)2)16-31-25-27-26-24(20-7-11-22(29-3)12-8-20)28(25)21-9-13-23(30-4)14-10-21/h5-15H,16H2,1-4H3. The molecule has 0 aliphatic heterocycles. The maximum absolute atomic E-state index is 5.32. The van der Waals surface area contributed by atoms with Crippen molar-refractivity contribution in [3.05, 3.63) is 83.4 Å². The molecule has 0 radical (unpaired) electrons. The van der Waals surface area contributed by atoms with E-state index in [-0.39, 0.29) is 0 Å². The highest BCUT2D eigenvalue weighted by molar-refractivity contribution is 7.98. The van der Waals surface area contributed by atoms with Crippen molar-refractivity contribution >= 4 is 11.8 Å². The quantitative estimate of drug-likeness (QED) is 0.343. The molecule has 0 bridgehead atoms. The molecule has 0 fully saturated rings. The Morgan fingerprint density at radius 1 is 0.774 bits per heavy atom. The first-order valence-electron chi connectivity index (χ1n) is 10.0. The summed E-state index contributed by atoms with van der Waals surface area (Å²) in [4.78, 5) is 0. The minimum Gasteiger partial charge on any atom is -0.497 e. The molecule has 1 aromatic heterocycles. The second kappa shape index (κ2) is 9.27. The highest BCUT2D eigenvalue weighted by atomic mass is 32.2. The number of thioether (sulfide) groups is 1. The fourth-order valence-corrected chi connectivity index (χ4v) is 4.19. The Morgan fingerprint density at radius 2 is 1.42 bits per heavy atom. The predicted molar refractivity (Wildman–Crippen MR) is 125 cm³/mol. The Hall–Kier alpha value is -3.25.